The maximum atomic E-state index is 13.2. The number of ether oxygens (including phenoxy) is 1. The Hall–Kier alpha value is -2.48. The number of carbonyl (C=O) groups is 2. The fraction of sp³-hybridized carbons (Fsp3) is 0.381. The molecule has 0 bridgehead atoms. The van der Waals surface area contributed by atoms with E-state index in [9.17, 15) is 14.0 Å². The summed E-state index contributed by atoms with van der Waals surface area (Å²) in [7, 11) is 0. The predicted octanol–water partition coefficient (Wildman–Crippen LogP) is 4.20. The molecule has 29 heavy (non-hydrogen) atoms. The van der Waals surface area contributed by atoms with Crippen molar-refractivity contribution in [1.82, 2.24) is 15.6 Å². The van der Waals surface area contributed by atoms with E-state index in [0.29, 0.717) is 23.3 Å². The van der Waals surface area contributed by atoms with Crippen LogP contribution >= 0.6 is 15.9 Å². The van der Waals surface area contributed by atoms with Crippen LogP contribution in [0.4, 0.5) is 4.39 Å². The van der Waals surface area contributed by atoms with Gasteiger partial charge >= 0.3 is 0 Å². The van der Waals surface area contributed by atoms with E-state index in [2.05, 4.69) is 31.5 Å². The molecule has 1 aliphatic carbocycles. The number of benzene rings is 1. The zero-order valence-corrected chi connectivity index (χ0v) is 17.5. The quantitative estimate of drug-likeness (QED) is 0.602. The summed E-state index contributed by atoms with van der Waals surface area (Å²) in [5, 5.41) is 5.65. The first-order chi connectivity index (χ1) is 14.0. The van der Waals surface area contributed by atoms with Crippen molar-refractivity contribution >= 4 is 27.7 Å². The number of amides is 2. The fourth-order valence-electron chi connectivity index (χ4n) is 3.27. The molecule has 6 nitrogen and oxygen atoms in total. The second-order valence-corrected chi connectivity index (χ2v) is 7.77. The summed E-state index contributed by atoms with van der Waals surface area (Å²) in [6.45, 7) is 0.660. The van der Waals surface area contributed by atoms with Crippen molar-refractivity contribution < 1.29 is 18.7 Å². The van der Waals surface area contributed by atoms with Gasteiger partial charge in [0.1, 0.15) is 17.1 Å². The van der Waals surface area contributed by atoms with Crippen molar-refractivity contribution in [3.05, 3.63) is 52.4 Å². The van der Waals surface area contributed by atoms with Crippen LogP contribution in [0.5, 0.6) is 11.6 Å². The second-order valence-electron chi connectivity index (χ2n) is 6.91. The molecule has 1 aromatic heterocycles. The van der Waals surface area contributed by atoms with Gasteiger partial charge in [0.25, 0.3) is 5.91 Å². The number of pyridine rings is 1. The lowest BCUT2D eigenvalue weighted by Crippen LogP contribution is -2.38. The summed E-state index contributed by atoms with van der Waals surface area (Å²) in [4.78, 5) is 28.8. The van der Waals surface area contributed by atoms with Gasteiger partial charge in [0.2, 0.25) is 11.8 Å². The van der Waals surface area contributed by atoms with E-state index in [1.165, 1.54) is 30.8 Å². The van der Waals surface area contributed by atoms with Crippen molar-refractivity contribution in [3.8, 4) is 11.6 Å². The average Bonchev–Trinajstić information content (AvgIpc) is 2.74. The number of hydrogen-bond donors (Lipinski definition) is 2. The van der Waals surface area contributed by atoms with Crippen LogP contribution in [-0.2, 0) is 4.79 Å². The van der Waals surface area contributed by atoms with Gasteiger partial charge in [-0.05, 0) is 59.1 Å². The third-order valence-corrected chi connectivity index (χ3v) is 5.42. The van der Waals surface area contributed by atoms with Gasteiger partial charge in [-0.15, -0.1) is 0 Å². The van der Waals surface area contributed by atoms with Gasteiger partial charge in [0.05, 0.1) is 4.47 Å². The monoisotopic (exact) mass is 463 g/mol. The van der Waals surface area contributed by atoms with Gasteiger partial charge in [-0.3, -0.25) is 9.59 Å². The van der Waals surface area contributed by atoms with Crippen LogP contribution in [0, 0.1) is 11.7 Å². The van der Waals surface area contributed by atoms with Crippen LogP contribution in [0.2, 0.25) is 0 Å². The molecule has 1 saturated carbocycles. The Kier molecular flexibility index (Phi) is 7.57. The van der Waals surface area contributed by atoms with Gasteiger partial charge in [-0.2, -0.15) is 0 Å². The highest BCUT2D eigenvalue weighted by Gasteiger charge is 2.20. The third kappa shape index (κ3) is 6.00. The van der Waals surface area contributed by atoms with E-state index in [4.69, 9.17) is 4.74 Å². The first-order valence-electron chi connectivity index (χ1n) is 9.68. The second kappa shape index (κ2) is 10.3. The highest BCUT2D eigenvalue weighted by Crippen LogP contribution is 2.30. The minimum absolute atomic E-state index is 0.0607. The Labute approximate surface area is 177 Å². The number of halogens is 2. The molecule has 1 aliphatic rings. The molecule has 3 rings (SSSR count). The largest absolute Gasteiger partial charge is 0.437 e. The van der Waals surface area contributed by atoms with E-state index in [1.54, 1.807) is 12.1 Å². The zero-order valence-electron chi connectivity index (χ0n) is 15.9. The highest BCUT2D eigenvalue weighted by molar-refractivity contribution is 9.10. The average molecular weight is 464 g/mol. The molecule has 154 valence electrons. The lowest BCUT2D eigenvalue weighted by atomic mass is 9.89. The lowest BCUT2D eigenvalue weighted by molar-refractivity contribution is -0.125. The normalized spacial score (nSPS) is 14.3. The molecule has 0 aliphatic heterocycles. The summed E-state index contributed by atoms with van der Waals surface area (Å²) in [5.41, 5.74) is 0.252. The standard InChI is InChI=1S/C21H23BrFN3O3/c22-17-13-15(23)8-9-18(17)29-21-16(7-4-10-26-21)20(28)25-12-11-24-19(27)14-5-2-1-3-6-14/h4,7-10,13-14H,1-3,5-6,11-12H2,(H,24,27)(H,25,28). The molecule has 0 spiro atoms. The summed E-state index contributed by atoms with van der Waals surface area (Å²) in [6, 6.07) is 7.21. The minimum Gasteiger partial charge on any atom is -0.437 e. The number of aromatic nitrogens is 1. The van der Waals surface area contributed by atoms with Gasteiger partial charge in [0.15, 0.2) is 0 Å². The van der Waals surface area contributed by atoms with Crippen molar-refractivity contribution in [1.29, 1.82) is 0 Å². The molecule has 1 fully saturated rings. The summed E-state index contributed by atoms with van der Waals surface area (Å²) >= 11 is 3.23. The Morgan fingerprint density at radius 3 is 2.66 bits per heavy atom. The maximum absolute atomic E-state index is 13.2. The fourth-order valence-corrected chi connectivity index (χ4v) is 3.70. The molecule has 2 aromatic rings. The first-order valence-corrected chi connectivity index (χ1v) is 10.5. The molecular weight excluding hydrogens is 441 g/mol. The Balaban J connectivity index is 1.53. The minimum atomic E-state index is -0.404. The van der Waals surface area contributed by atoms with E-state index < -0.39 is 5.82 Å². The number of nitrogens with one attached hydrogen (secondary N) is 2. The molecule has 0 atom stereocenters. The molecule has 1 heterocycles. The van der Waals surface area contributed by atoms with E-state index >= 15 is 0 Å². The maximum Gasteiger partial charge on any atom is 0.256 e. The van der Waals surface area contributed by atoms with Crippen LogP contribution in [0.25, 0.3) is 0 Å². The number of carbonyl (C=O) groups excluding carboxylic acids is 2. The van der Waals surface area contributed by atoms with E-state index in [0.717, 1.165) is 25.7 Å². The molecule has 2 N–H and O–H groups in total. The Morgan fingerprint density at radius 1 is 1.14 bits per heavy atom. The molecule has 0 saturated heterocycles. The number of hydrogen-bond acceptors (Lipinski definition) is 4. The Morgan fingerprint density at radius 2 is 1.90 bits per heavy atom. The highest BCUT2D eigenvalue weighted by atomic mass is 79.9. The van der Waals surface area contributed by atoms with Crippen molar-refractivity contribution in [3.63, 3.8) is 0 Å². The van der Waals surface area contributed by atoms with Crippen molar-refractivity contribution in [2.75, 3.05) is 13.1 Å². The van der Waals surface area contributed by atoms with Crippen molar-refractivity contribution in [2.24, 2.45) is 5.92 Å². The lowest BCUT2D eigenvalue weighted by Gasteiger charge is -2.20. The molecule has 0 unspecified atom stereocenters. The molecule has 2 amide bonds. The predicted molar refractivity (Wildman–Crippen MR) is 110 cm³/mol. The smallest absolute Gasteiger partial charge is 0.256 e. The number of nitrogens with zero attached hydrogens (tertiary/aromatic N) is 1. The SMILES string of the molecule is O=C(NCCNC(=O)C1CCCCC1)c1cccnc1Oc1ccc(F)cc1Br. The molecule has 1 aromatic carbocycles. The van der Waals surface area contributed by atoms with Gasteiger partial charge in [-0.1, -0.05) is 19.3 Å². The summed E-state index contributed by atoms with van der Waals surface area (Å²) < 4.78 is 19.3. The summed E-state index contributed by atoms with van der Waals surface area (Å²) in [6.07, 6.45) is 6.78. The zero-order chi connectivity index (χ0) is 20.6. The van der Waals surface area contributed by atoms with Crippen LogP contribution in [-0.4, -0.2) is 29.9 Å². The third-order valence-electron chi connectivity index (χ3n) is 4.80. The first kappa shape index (κ1) is 21.2. The molecular formula is C21H23BrFN3O3. The van der Waals surface area contributed by atoms with Crippen LogP contribution in [0.1, 0.15) is 42.5 Å². The van der Waals surface area contributed by atoms with Crippen LogP contribution < -0.4 is 15.4 Å². The number of rotatable bonds is 7. The van der Waals surface area contributed by atoms with Crippen LogP contribution in [0.15, 0.2) is 41.0 Å². The molecule has 8 heteroatoms. The van der Waals surface area contributed by atoms with Gasteiger partial charge in [-0.25, -0.2) is 9.37 Å². The topological polar surface area (TPSA) is 80.3 Å². The van der Waals surface area contributed by atoms with Crippen LogP contribution in [0.3, 0.4) is 0 Å². The van der Waals surface area contributed by atoms with Gasteiger partial charge in [0, 0.05) is 25.2 Å². The van der Waals surface area contributed by atoms with E-state index in [1.807, 2.05) is 0 Å². The van der Waals surface area contributed by atoms with Gasteiger partial charge < -0.3 is 15.4 Å². The Bertz CT molecular complexity index is 872. The molecule has 0 radical (unpaired) electrons. The summed E-state index contributed by atoms with van der Waals surface area (Å²) in [5.74, 6) is -0.156. The van der Waals surface area contributed by atoms with Crippen molar-refractivity contribution in [2.45, 2.75) is 32.1 Å². The van der Waals surface area contributed by atoms with E-state index in [-0.39, 0.29) is 29.2 Å².